The number of carbonyl (C=O) groups excluding carboxylic acids is 3. The van der Waals surface area contributed by atoms with Gasteiger partial charge in [-0.1, -0.05) is 43.7 Å². The van der Waals surface area contributed by atoms with E-state index in [1.165, 1.54) is 0 Å². The molecule has 0 aromatic heterocycles. The molecule has 3 aliphatic carbocycles. The molecule has 41 heavy (non-hydrogen) atoms. The summed E-state index contributed by atoms with van der Waals surface area (Å²) in [5.41, 5.74) is 2.63. The van der Waals surface area contributed by atoms with Gasteiger partial charge in [0, 0.05) is 6.08 Å². The second-order valence-corrected chi connectivity index (χ2v) is 12.1. The van der Waals surface area contributed by atoms with E-state index < -0.39 is 23.4 Å². The van der Waals surface area contributed by atoms with Gasteiger partial charge in [0.1, 0.15) is 12.9 Å². The molecule has 6 atom stereocenters. The van der Waals surface area contributed by atoms with Crippen molar-refractivity contribution in [1.82, 2.24) is 0 Å². The van der Waals surface area contributed by atoms with E-state index in [0.29, 0.717) is 17.4 Å². The quantitative estimate of drug-likeness (QED) is 0.107. The number of halogens is 3. The number of carbonyl (C=O) groups is 3. The van der Waals surface area contributed by atoms with Crippen molar-refractivity contribution in [2.75, 3.05) is 6.61 Å². The molecule has 0 radical (unpaired) electrons. The predicted octanol–water partition coefficient (Wildman–Crippen LogP) is 7.51. The Morgan fingerprint density at radius 2 is 1.93 bits per heavy atom. The van der Waals surface area contributed by atoms with Gasteiger partial charge in [-0.05, 0) is 110 Å². The molecule has 1 saturated carbocycles. The first kappa shape index (κ1) is 30.5. The summed E-state index contributed by atoms with van der Waals surface area (Å²) in [5.74, 6) is -3.95. The highest BCUT2D eigenvalue weighted by molar-refractivity contribution is 6.01. The van der Waals surface area contributed by atoms with Gasteiger partial charge in [-0.3, -0.25) is 9.59 Å². The minimum atomic E-state index is -1.56. The molecule has 0 heterocycles. The lowest BCUT2D eigenvalue weighted by Gasteiger charge is -2.40. The van der Waals surface area contributed by atoms with Crippen LogP contribution in [-0.4, -0.2) is 24.6 Å². The molecule has 1 aromatic carbocycles. The Hall–Kier alpha value is -3.48. The summed E-state index contributed by atoms with van der Waals surface area (Å²) in [5, 5.41) is 0. The van der Waals surface area contributed by atoms with Crippen LogP contribution in [0.4, 0.5) is 13.2 Å². The van der Waals surface area contributed by atoms with Gasteiger partial charge in [0.05, 0.1) is 5.92 Å². The number of fused-ring (bicyclic) bond motifs is 2. The number of ketones is 1. The molecule has 4 rings (SSSR count). The molecule has 0 N–H and O–H groups in total. The third kappa shape index (κ3) is 6.71. The number of rotatable bonds is 8. The SMILES string of the molecule is CC1=CC(=O)[C@H]2/C(C=O)=C\C[C@H]3[C@@H]([C@@H](C)/C=C\C=C(\C)COC(=O)/C=C/c4cc(F)c(F)c(F)c4)CC[C@]3(C)C[C@H]12. The second kappa shape index (κ2) is 12.6. The number of allylic oxidation sites excluding steroid dienone is 7. The van der Waals surface area contributed by atoms with E-state index in [1.54, 1.807) is 6.08 Å². The molecule has 0 aliphatic heterocycles. The van der Waals surface area contributed by atoms with E-state index in [-0.39, 0.29) is 41.1 Å². The van der Waals surface area contributed by atoms with Crippen molar-refractivity contribution in [3.05, 3.63) is 88.3 Å². The first-order valence-corrected chi connectivity index (χ1v) is 14.1. The highest BCUT2D eigenvalue weighted by Crippen LogP contribution is 2.58. The molecule has 4 nitrogen and oxygen atoms in total. The highest BCUT2D eigenvalue weighted by Gasteiger charge is 2.50. The lowest BCUT2D eigenvalue weighted by atomic mass is 9.63. The maximum atomic E-state index is 13.3. The summed E-state index contributed by atoms with van der Waals surface area (Å²) in [6.07, 6.45) is 16.7. The average Bonchev–Trinajstić information content (AvgIpc) is 3.38. The van der Waals surface area contributed by atoms with Crippen LogP contribution in [-0.2, 0) is 19.1 Å². The maximum Gasteiger partial charge on any atom is 0.331 e. The van der Waals surface area contributed by atoms with Crippen LogP contribution in [0.25, 0.3) is 6.08 Å². The standard InChI is InChI=1S/C34H37F3O4/c1-20(19-41-31(40)11-8-23-15-28(35)33(37)29(36)16-23)6-5-7-21(2)25-12-13-34(4)17-26-22(3)14-30(39)32(26)24(18-38)9-10-27(25)34/h5-9,11,14-16,18,21,25-27,32H,10,12-13,17,19H2,1-4H3/b7-5-,11-8+,20-6-,24-9-/t21-,25+,26+,27-,32-,34+/m0/s1. The molecule has 0 saturated heterocycles. The maximum absolute atomic E-state index is 13.3. The minimum absolute atomic E-state index is 0.0101. The molecule has 3 aliphatic rings. The van der Waals surface area contributed by atoms with Crippen molar-refractivity contribution in [3.8, 4) is 0 Å². The molecule has 0 unspecified atom stereocenters. The van der Waals surface area contributed by atoms with Crippen molar-refractivity contribution in [3.63, 3.8) is 0 Å². The van der Waals surface area contributed by atoms with Gasteiger partial charge in [0.25, 0.3) is 0 Å². The number of hydrogen-bond acceptors (Lipinski definition) is 4. The zero-order valence-corrected chi connectivity index (χ0v) is 24.0. The third-order valence-corrected chi connectivity index (χ3v) is 9.24. The zero-order chi connectivity index (χ0) is 29.9. The fraction of sp³-hybridized carbons (Fsp3) is 0.441. The molecular formula is C34H37F3O4. The third-order valence-electron chi connectivity index (χ3n) is 9.24. The van der Waals surface area contributed by atoms with Gasteiger partial charge in [0.2, 0.25) is 0 Å². The molecule has 0 bridgehead atoms. The van der Waals surface area contributed by atoms with Gasteiger partial charge in [-0.15, -0.1) is 0 Å². The van der Waals surface area contributed by atoms with Crippen LogP contribution in [0.5, 0.6) is 0 Å². The van der Waals surface area contributed by atoms with Gasteiger partial charge in [0.15, 0.2) is 23.2 Å². The Morgan fingerprint density at radius 1 is 1.22 bits per heavy atom. The Labute approximate surface area is 239 Å². The van der Waals surface area contributed by atoms with Crippen molar-refractivity contribution in [2.24, 2.45) is 35.0 Å². The summed E-state index contributed by atoms with van der Waals surface area (Å²) < 4.78 is 44.9. The van der Waals surface area contributed by atoms with Gasteiger partial charge < -0.3 is 4.74 Å². The van der Waals surface area contributed by atoms with Crippen molar-refractivity contribution < 1.29 is 32.3 Å². The molecule has 7 heteroatoms. The summed E-state index contributed by atoms with van der Waals surface area (Å²) in [6, 6.07) is 1.59. The summed E-state index contributed by atoms with van der Waals surface area (Å²) in [7, 11) is 0. The van der Waals surface area contributed by atoms with Crippen LogP contribution in [0.1, 0.15) is 58.9 Å². The lowest BCUT2D eigenvalue weighted by Crippen LogP contribution is -2.34. The van der Waals surface area contributed by atoms with Gasteiger partial charge >= 0.3 is 5.97 Å². The number of hydrogen-bond donors (Lipinski definition) is 0. The summed E-state index contributed by atoms with van der Waals surface area (Å²) in [4.78, 5) is 36.6. The zero-order valence-electron chi connectivity index (χ0n) is 24.0. The van der Waals surface area contributed by atoms with E-state index in [4.69, 9.17) is 4.74 Å². The molecule has 1 aromatic rings. The first-order valence-electron chi connectivity index (χ1n) is 14.1. The largest absolute Gasteiger partial charge is 0.458 e. The molecule has 0 amide bonds. The highest BCUT2D eigenvalue weighted by atomic mass is 19.2. The molecule has 0 spiro atoms. The van der Waals surface area contributed by atoms with Crippen LogP contribution < -0.4 is 0 Å². The fourth-order valence-corrected chi connectivity index (χ4v) is 6.97. The van der Waals surface area contributed by atoms with Crippen LogP contribution >= 0.6 is 0 Å². The molecule has 218 valence electrons. The number of aldehydes is 1. The Morgan fingerprint density at radius 3 is 2.61 bits per heavy atom. The van der Waals surface area contributed by atoms with E-state index in [9.17, 15) is 27.6 Å². The number of ether oxygens (including phenoxy) is 1. The monoisotopic (exact) mass is 566 g/mol. The van der Waals surface area contributed by atoms with E-state index in [0.717, 1.165) is 67.4 Å². The normalized spacial score (nSPS) is 30.3. The fourth-order valence-electron chi connectivity index (χ4n) is 6.97. The Bertz CT molecular complexity index is 1340. The topological polar surface area (TPSA) is 60.4 Å². The summed E-state index contributed by atoms with van der Waals surface area (Å²) >= 11 is 0. The van der Waals surface area contributed by atoms with Crippen LogP contribution in [0, 0.1) is 52.5 Å². The first-order chi connectivity index (χ1) is 19.4. The average molecular weight is 567 g/mol. The van der Waals surface area contributed by atoms with E-state index >= 15 is 0 Å². The Balaban J connectivity index is 1.35. The van der Waals surface area contributed by atoms with Crippen molar-refractivity contribution in [1.29, 1.82) is 0 Å². The Kier molecular flexibility index (Phi) is 9.35. The number of benzene rings is 1. The van der Waals surface area contributed by atoms with Gasteiger partial charge in [-0.25, -0.2) is 18.0 Å². The smallest absolute Gasteiger partial charge is 0.331 e. The van der Waals surface area contributed by atoms with Crippen molar-refractivity contribution >= 4 is 24.1 Å². The molecular weight excluding hydrogens is 529 g/mol. The molecule has 1 fully saturated rings. The minimum Gasteiger partial charge on any atom is -0.458 e. The van der Waals surface area contributed by atoms with Crippen molar-refractivity contribution in [2.45, 2.75) is 53.4 Å². The lowest BCUT2D eigenvalue weighted by molar-refractivity contribution is -0.136. The number of esters is 1. The van der Waals surface area contributed by atoms with Crippen LogP contribution in [0.3, 0.4) is 0 Å². The van der Waals surface area contributed by atoms with Crippen LogP contribution in [0.15, 0.2) is 65.3 Å². The second-order valence-electron chi connectivity index (χ2n) is 12.1. The van der Waals surface area contributed by atoms with E-state index in [1.807, 2.05) is 32.1 Å². The van der Waals surface area contributed by atoms with Crippen LogP contribution in [0.2, 0.25) is 0 Å². The predicted molar refractivity (Wildman–Crippen MR) is 152 cm³/mol. The summed E-state index contributed by atoms with van der Waals surface area (Å²) in [6.45, 7) is 8.44. The van der Waals surface area contributed by atoms with E-state index in [2.05, 4.69) is 19.9 Å². The van der Waals surface area contributed by atoms with Gasteiger partial charge in [-0.2, -0.15) is 0 Å².